The zero-order valence-corrected chi connectivity index (χ0v) is 16.5. The minimum absolute atomic E-state index is 0.0261. The molecule has 7 nitrogen and oxygen atoms in total. The van der Waals surface area contributed by atoms with E-state index < -0.39 is 11.8 Å². The van der Waals surface area contributed by atoms with E-state index >= 15 is 0 Å². The SMILES string of the molecule is CCOC(=O)N1CCC(NC(=O)C(=O)Nc2ccc(C(C)(C)C)cc2)CC1. The fraction of sp³-hybridized carbons (Fsp3) is 0.550. The lowest BCUT2D eigenvalue weighted by atomic mass is 9.87. The van der Waals surface area contributed by atoms with Gasteiger partial charge < -0.3 is 20.3 Å². The standard InChI is InChI=1S/C20H29N3O4/c1-5-27-19(26)23-12-10-16(11-13-23)22-18(25)17(24)21-15-8-6-14(7-9-15)20(2,3)4/h6-9,16H,5,10-13H2,1-4H3,(H,21,24)(H,22,25). The number of benzene rings is 1. The maximum absolute atomic E-state index is 12.1. The van der Waals surface area contributed by atoms with Gasteiger partial charge in [0.1, 0.15) is 0 Å². The number of hydrogen-bond acceptors (Lipinski definition) is 4. The molecule has 1 aromatic rings. The van der Waals surface area contributed by atoms with Crippen LogP contribution >= 0.6 is 0 Å². The van der Waals surface area contributed by atoms with Gasteiger partial charge in [-0.2, -0.15) is 0 Å². The van der Waals surface area contributed by atoms with Crippen LogP contribution in [0.2, 0.25) is 0 Å². The summed E-state index contributed by atoms with van der Waals surface area (Å²) in [5.74, 6) is -1.35. The van der Waals surface area contributed by atoms with Gasteiger partial charge in [0.15, 0.2) is 0 Å². The first-order chi connectivity index (χ1) is 12.7. The molecule has 0 saturated carbocycles. The second-order valence-electron chi connectivity index (χ2n) is 7.72. The third kappa shape index (κ3) is 5.98. The van der Waals surface area contributed by atoms with E-state index in [9.17, 15) is 14.4 Å². The van der Waals surface area contributed by atoms with Gasteiger partial charge >= 0.3 is 17.9 Å². The lowest BCUT2D eigenvalue weighted by Gasteiger charge is -2.31. The summed E-state index contributed by atoms with van der Waals surface area (Å²) < 4.78 is 4.97. The summed E-state index contributed by atoms with van der Waals surface area (Å²) in [6, 6.07) is 7.35. The summed E-state index contributed by atoms with van der Waals surface area (Å²) >= 11 is 0. The Balaban J connectivity index is 1.81. The maximum atomic E-state index is 12.1. The topological polar surface area (TPSA) is 87.7 Å². The van der Waals surface area contributed by atoms with Crippen LogP contribution in [0.25, 0.3) is 0 Å². The summed E-state index contributed by atoms with van der Waals surface area (Å²) in [6.07, 6.45) is 0.856. The monoisotopic (exact) mass is 375 g/mol. The van der Waals surface area contributed by atoms with Crippen molar-refractivity contribution in [1.29, 1.82) is 0 Å². The quantitative estimate of drug-likeness (QED) is 0.795. The number of amides is 3. The highest BCUT2D eigenvalue weighted by Gasteiger charge is 2.26. The van der Waals surface area contributed by atoms with Crippen molar-refractivity contribution < 1.29 is 19.1 Å². The van der Waals surface area contributed by atoms with Gasteiger partial charge in [0.2, 0.25) is 0 Å². The molecule has 0 spiro atoms. The molecule has 2 N–H and O–H groups in total. The fourth-order valence-electron chi connectivity index (χ4n) is 2.91. The summed E-state index contributed by atoms with van der Waals surface area (Å²) in [4.78, 5) is 37.5. The van der Waals surface area contributed by atoms with E-state index in [0.717, 1.165) is 5.56 Å². The molecule has 27 heavy (non-hydrogen) atoms. The van der Waals surface area contributed by atoms with Crippen molar-refractivity contribution in [1.82, 2.24) is 10.2 Å². The zero-order valence-electron chi connectivity index (χ0n) is 16.5. The number of likely N-dealkylation sites (tertiary alicyclic amines) is 1. The second-order valence-corrected chi connectivity index (χ2v) is 7.72. The minimum Gasteiger partial charge on any atom is -0.450 e. The normalized spacial score (nSPS) is 15.2. The van der Waals surface area contributed by atoms with Crippen molar-refractivity contribution in [3.05, 3.63) is 29.8 Å². The Morgan fingerprint density at radius 2 is 1.67 bits per heavy atom. The van der Waals surface area contributed by atoms with Crippen LogP contribution in [-0.2, 0) is 19.7 Å². The molecular formula is C20H29N3O4. The van der Waals surface area contributed by atoms with Crippen LogP contribution in [0.3, 0.4) is 0 Å². The molecule has 0 unspecified atom stereocenters. The number of nitrogens with zero attached hydrogens (tertiary/aromatic N) is 1. The Morgan fingerprint density at radius 1 is 1.07 bits per heavy atom. The molecule has 3 amide bonds. The van der Waals surface area contributed by atoms with Crippen molar-refractivity contribution in [3.8, 4) is 0 Å². The summed E-state index contributed by atoms with van der Waals surface area (Å²) in [5.41, 5.74) is 1.76. The fourth-order valence-corrected chi connectivity index (χ4v) is 2.91. The van der Waals surface area contributed by atoms with Gasteiger partial charge in [-0.3, -0.25) is 9.59 Å². The third-order valence-electron chi connectivity index (χ3n) is 4.57. The number of piperidine rings is 1. The van der Waals surface area contributed by atoms with Gasteiger partial charge in [-0.15, -0.1) is 0 Å². The largest absolute Gasteiger partial charge is 0.450 e. The van der Waals surface area contributed by atoms with Gasteiger partial charge in [0.05, 0.1) is 6.61 Å². The zero-order chi connectivity index (χ0) is 20.0. The predicted molar refractivity (Wildman–Crippen MR) is 104 cm³/mol. The molecule has 2 rings (SSSR count). The Bertz CT molecular complexity index is 671. The van der Waals surface area contributed by atoms with Gasteiger partial charge in [0.25, 0.3) is 0 Å². The molecule has 7 heteroatoms. The lowest BCUT2D eigenvalue weighted by molar-refractivity contribution is -0.136. The summed E-state index contributed by atoms with van der Waals surface area (Å²) in [7, 11) is 0. The Kier molecular flexibility index (Phi) is 6.82. The number of anilines is 1. The Hall–Kier alpha value is -2.57. The molecule has 1 saturated heterocycles. The van der Waals surface area contributed by atoms with E-state index in [-0.39, 0.29) is 17.6 Å². The molecule has 0 bridgehead atoms. The second kappa shape index (κ2) is 8.88. The molecule has 0 aromatic heterocycles. The summed E-state index contributed by atoms with van der Waals surface area (Å²) in [5, 5.41) is 5.35. The van der Waals surface area contributed by atoms with E-state index in [0.29, 0.717) is 38.2 Å². The first-order valence-electron chi connectivity index (χ1n) is 9.34. The van der Waals surface area contributed by atoms with Crippen LogP contribution in [0.5, 0.6) is 0 Å². The van der Waals surface area contributed by atoms with E-state index in [4.69, 9.17) is 4.74 Å². The van der Waals surface area contributed by atoms with E-state index in [1.165, 1.54) is 0 Å². The number of ether oxygens (including phenoxy) is 1. The molecule has 1 aromatic carbocycles. The molecule has 0 atom stereocenters. The number of rotatable bonds is 3. The Labute approximate surface area is 160 Å². The first kappa shape index (κ1) is 20.7. The lowest BCUT2D eigenvalue weighted by Crippen LogP contribution is -2.49. The highest BCUT2D eigenvalue weighted by Crippen LogP contribution is 2.23. The van der Waals surface area contributed by atoms with Crippen molar-refractivity contribution in [3.63, 3.8) is 0 Å². The number of nitrogens with one attached hydrogen (secondary N) is 2. The third-order valence-corrected chi connectivity index (χ3v) is 4.57. The number of carbonyl (C=O) groups is 3. The summed E-state index contributed by atoms with van der Waals surface area (Å²) in [6.45, 7) is 9.44. The van der Waals surface area contributed by atoms with E-state index in [2.05, 4.69) is 31.4 Å². The van der Waals surface area contributed by atoms with E-state index in [1.54, 1.807) is 24.0 Å². The molecule has 0 aliphatic carbocycles. The van der Waals surface area contributed by atoms with Gasteiger partial charge in [0, 0.05) is 24.8 Å². The van der Waals surface area contributed by atoms with Crippen molar-refractivity contribution in [2.75, 3.05) is 25.0 Å². The minimum atomic E-state index is -0.689. The van der Waals surface area contributed by atoms with Gasteiger partial charge in [-0.1, -0.05) is 32.9 Å². The van der Waals surface area contributed by atoms with Crippen LogP contribution < -0.4 is 10.6 Å². The molecule has 148 valence electrons. The average Bonchev–Trinajstić information content (AvgIpc) is 2.62. The molecule has 1 aliphatic rings. The maximum Gasteiger partial charge on any atom is 0.409 e. The van der Waals surface area contributed by atoms with Crippen LogP contribution in [0.15, 0.2) is 24.3 Å². The van der Waals surface area contributed by atoms with Crippen LogP contribution in [0.1, 0.15) is 46.1 Å². The van der Waals surface area contributed by atoms with Gasteiger partial charge in [-0.25, -0.2) is 4.79 Å². The Morgan fingerprint density at radius 3 is 2.19 bits per heavy atom. The highest BCUT2D eigenvalue weighted by molar-refractivity contribution is 6.39. The first-order valence-corrected chi connectivity index (χ1v) is 9.34. The van der Waals surface area contributed by atoms with Crippen molar-refractivity contribution in [2.45, 2.75) is 52.0 Å². The van der Waals surface area contributed by atoms with Crippen LogP contribution in [0.4, 0.5) is 10.5 Å². The molecule has 0 radical (unpaired) electrons. The predicted octanol–water partition coefficient (Wildman–Crippen LogP) is 2.66. The highest BCUT2D eigenvalue weighted by atomic mass is 16.6. The van der Waals surface area contributed by atoms with Crippen LogP contribution in [-0.4, -0.2) is 48.5 Å². The molecule has 1 aliphatic heterocycles. The van der Waals surface area contributed by atoms with Gasteiger partial charge in [-0.05, 0) is 42.9 Å². The van der Waals surface area contributed by atoms with Crippen LogP contribution in [0, 0.1) is 0 Å². The number of hydrogen-bond donors (Lipinski definition) is 2. The molecule has 1 fully saturated rings. The van der Waals surface area contributed by atoms with E-state index in [1.807, 2.05) is 12.1 Å². The van der Waals surface area contributed by atoms with Crippen molar-refractivity contribution >= 4 is 23.6 Å². The van der Waals surface area contributed by atoms with Crippen molar-refractivity contribution in [2.24, 2.45) is 0 Å². The molecular weight excluding hydrogens is 346 g/mol. The smallest absolute Gasteiger partial charge is 0.409 e. The average molecular weight is 375 g/mol. The molecule has 1 heterocycles. The number of carbonyl (C=O) groups excluding carboxylic acids is 3.